The summed E-state index contributed by atoms with van der Waals surface area (Å²) in [5.74, 6) is 0.0581. The van der Waals surface area contributed by atoms with E-state index in [0.717, 1.165) is 41.7 Å². The summed E-state index contributed by atoms with van der Waals surface area (Å²) in [6.07, 6.45) is 1.84. The van der Waals surface area contributed by atoms with Gasteiger partial charge in [-0.3, -0.25) is 9.78 Å². The van der Waals surface area contributed by atoms with E-state index >= 15 is 0 Å². The molecule has 1 unspecified atom stereocenters. The number of carbonyl (C=O) groups excluding carboxylic acids is 1. The van der Waals surface area contributed by atoms with Crippen LogP contribution in [0.3, 0.4) is 0 Å². The number of pyridine rings is 1. The molecule has 0 saturated carbocycles. The molecule has 1 atom stereocenters. The van der Waals surface area contributed by atoms with E-state index in [1.54, 1.807) is 0 Å². The Hall–Kier alpha value is -2.30. The molecule has 1 aromatic heterocycles. The van der Waals surface area contributed by atoms with Crippen LogP contribution in [0.5, 0.6) is 0 Å². The van der Waals surface area contributed by atoms with E-state index in [1.165, 1.54) is 0 Å². The molecule has 1 amide bonds. The number of anilines is 2. The third-order valence-corrected chi connectivity index (χ3v) is 3.58. The number of aryl methyl sites for hydroxylation is 1. The zero-order chi connectivity index (χ0) is 14.1. The van der Waals surface area contributed by atoms with Crippen LogP contribution in [0.2, 0.25) is 0 Å². The third kappa shape index (κ3) is 2.39. The smallest absolute Gasteiger partial charge is 0.242 e. The Morgan fingerprint density at radius 2 is 2.25 bits per heavy atom. The number of carbonyl (C=O) groups is 1. The lowest BCUT2D eigenvalue weighted by atomic mass is 10.1. The van der Waals surface area contributed by atoms with Crippen LogP contribution in [0.4, 0.5) is 11.4 Å². The van der Waals surface area contributed by atoms with E-state index in [0.29, 0.717) is 5.69 Å². The van der Waals surface area contributed by atoms with Gasteiger partial charge in [0, 0.05) is 29.0 Å². The standard InChI is InChI=1S/C15H18N4O/c1-9-7-14(19-13-3-2-6-17-15(13)20)11-8-10(16)4-5-12(11)18-9/h4-5,7-8,13H,2-3,6,16H2,1H3,(H,17,20)(H,18,19). The highest BCUT2D eigenvalue weighted by Gasteiger charge is 2.22. The second-order valence-corrected chi connectivity index (χ2v) is 5.22. The molecule has 20 heavy (non-hydrogen) atoms. The number of benzene rings is 1. The van der Waals surface area contributed by atoms with Gasteiger partial charge in [-0.25, -0.2) is 0 Å². The molecule has 2 aromatic rings. The Morgan fingerprint density at radius 1 is 1.40 bits per heavy atom. The Morgan fingerprint density at radius 3 is 3.05 bits per heavy atom. The number of hydrogen-bond acceptors (Lipinski definition) is 4. The number of fused-ring (bicyclic) bond motifs is 1. The van der Waals surface area contributed by atoms with Crippen LogP contribution in [0.25, 0.3) is 10.9 Å². The number of hydrogen-bond donors (Lipinski definition) is 3. The summed E-state index contributed by atoms with van der Waals surface area (Å²) in [7, 11) is 0. The summed E-state index contributed by atoms with van der Waals surface area (Å²) >= 11 is 0. The van der Waals surface area contributed by atoms with Gasteiger partial charge in [0.25, 0.3) is 0 Å². The minimum Gasteiger partial charge on any atom is -0.399 e. The van der Waals surface area contributed by atoms with Gasteiger partial charge in [-0.15, -0.1) is 0 Å². The lowest BCUT2D eigenvalue weighted by Crippen LogP contribution is -2.44. The van der Waals surface area contributed by atoms with Gasteiger partial charge in [0.1, 0.15) is 6.04 Å². The number of piperidine rings is 1. The van der Waals surface area contributed by atoms with E-state index in [4.69, 9.17) is 5.73 Å². The number of nitrogen functional groups attached to an aromatic ring is 1. The third-order valence-electron chi connectivity index (χ3n) is 3.58. The second-order valence-electron chi connectivity index (χ2n) is 5.22. The van der Waals surface area contributed by atoms with Crippen LogP contribution in [-0.2, 0) is 4.79 Å². The highest BCUT2D eigenvalue weighted by Crippen LogP contribution is 2.26. The number of rotatable bonds is 2. The van der Waals surface area contributed by atoms with E-state index in [1.807, 2.05) is 31.2 Å². The zero-order valence-electron chi connectivity index (χ0n) is 11.4. The Labute approximate surface area is 117 Å². The number of amides is 1. The summed E-state index contributed by atoms with van der Waals surface area (Å²) < 4.78 is 0. The minimum atomic E-state index is -0.185. The maximum atomic E-state index is 11.9. The SMILES string of the molecule is Cc1cc(NC2CCCNC2=O)c2cc(N)ccc2n1. The predicted octanol–water partition coefficient (Wildman–Crippen LogP) is 1.82. The van der Waals surface area contributed by atoms with Gasteiger partial charge >= 0.3 is 0 Å². The molecule has 1 aliphatic heterocycles. The first-order valence-electron chi connectivity index (χ1n) is 6.84. The molecule has 1 saturated heterocycles. The zero-order valence-corrected chi connectivity index (χ0v) is 11.4. The van der Waals surface area contributed by atoms with Gasteiger partial charge in [-0.05, 0) is 44.0 Å². The molecule has 1 aliphatic rings. The first kappa shape index (κ1) is 12.7. The van der Waals surface area contributed by atoms with Crippen LogP contribution < -0.4 is 16.4 Å². The maximum Gasteiger partial charge on any atom is 0.242 e. The summed E-state index contributed by atoms with van der Waals surface area (Å²) in [6.45, 7) is 2.71. The highest BCUT2D eigenvalue weighted by atomic mass is 16.2. The summed E-state index contributed by atoms with van der Waals surface area (Å²) in [5, 5.41) is 7.17. The molecule has 5 heteroatoms. The summed E-state index contributed by atoms with van der Waals surface area (Å²) in [4.78, 5) is 16.4. The van der Waals surface area contributed by atoms with Crippen LogP contribution in [-0.4, -0.2) is 23.5 Å². The molecule has 5 nitrogen and oxygen atoms in total. The van der Waals surface area contributed by atoms with Crippen LogP contribution in [0.1, 0.15) is 18.5 Å². The van der Waals surface area contributed by atoms with Crippen molar-refractivity contribution in [2.24, 2.45) is 0 Å². The van der Waals surface area contributed by atoms with Gasteiger partial charge in [0.05, 0.1) is 5.52 Å². The van der Waals surface area contributed by atoms with Crippen LogP contribution in [0, 0.1) is 6.92 Å². The van der Waals surface area contributed by atoms with Crippen molar-refractivity contribution < 1.29 is 4.79 Å². The summed E-state index contributed by atoms with van der Waals surface area (Å²) in [5.41, 5.74) is 9.27. The van der Waals surface area contributed by atoms with Crippen molar-refractivity contribution in [1.29, 1.82) is 0 Å². The van der Waals surface area contributed by atoms with E-state index in [-0.39, 0.29) is 11.9 Å². The van der Waals surface area contributed by atoms with Gasteiger partial charge < -0.3 is 16.4 Å². The van der Waals surface area contributed by atoms with Crippen molar-refractivity contribution in [2.75, 3.05) is 17.6 Å². The average molecular weight is 270 g/mol. The average Bonchev–Trinajstić information content (AvgIpc) is 2.42. The molecule has 2 heterocycles. The molecule has 104 valence electrons. The van der Waals surface area contributed by atoms with Gasteiger partial charge in [-0.1, -0.05) is 0 Å². The van der Waals surface area contributed by atoms with E-state index < -0.39 is 0 Å². The minimum absolute atomic E-state index is 0.0581. The molecule has 0 radical (unpaired) electrons. The van der Waals surface area contributed by atoms with Crippen molar-refractivity contribution in [3.8, 4) is 0 Å². The van der Waals surface area contributed by atoms with Crippen molar-refractivity contribution in [2.45, 2.75) is 25.8 Å². The Bertz CT molecular complexity index is 668. The van der Waals surface area contributed by atoms with Crippen molar-refractivity contribution in [3.63, 3.8) is 0 Å². The van der Waals surface area contributed by atoms with Crippen molar-refractivity contribution >= 4 is 28.2 Å². The molecule has 0 aliphatic carbocycles. The van der Waals surface area contributed by atoms with Crippen molar-refractivity contribution in [3.05, 3.63) is 30.0 Å². The summed E-state index contributed by atoms with van der Waals surface area (Å²) in [6, 6.07) is 7.42. The number of nitrogens with one attached hydrogen (secondary N) is 2. The molecule has 0 spiro atoms. The quantitative estimate of drug-likeness (QED) is 0.727. The molecule has 1 aromatic carbocycles. The predicted molar refractivity (Wildman–Crippen MR) is 80.5 cm³/mol. The van der Waals surface area contributed by atoms with Gasteiger partial charge in [0.15, 0.2) is 0 Å². The maximum absolute atomic E-state index is 11.9. The molecular formula is C15H18N4O. The normalized spacial score (nSPS) is 18.9. The largest absolute Gasteiger partial charge is 0.399 e. The second kappa shape index (κ2) is 5.00. The first-order chi connectivity index (χ1) is 9.63. The van der Waals surface area contributed by atoms with Gasteiger partial charge in [-0.2, -0.15) is 0 Å². The molecule has 1 fully saturated rings. The highest BCUT2D eigenvalue weighted by molar-refractivity contribution is 5.95. The number of nitrogens with two attached hydrogens (primary N) is 1. The topological polar surface area (TPSA) is 80.0 Å². The van der Waals surface area contributed by atoms with Crippen LogP contribution >= 0.6 is 0 Å². The lowest BCUT2D eigenvalue weighted by molar-refractivity contribution is -0.123. The van der Waals surface area contributed by atoms with Gasteiger partial charge in [0.2, 0.25) is 5.91 Å². The Balaban J connectivity index is 2.01. The molecule has 4 N–H and O–H groups in total. The fourth-order valence-corrected chi connectivity index (χ4v) is 2.59. The van der Waals surface area contributed by atoms with E-state index in [9.17, 15) is 4.79 Å². The Kier molecular flexibility index (Phi) is 3.18. The fourth-order valence-electron chi connectivity index (χ4n) is 2.59. The monoisotopic (exact) mass is 270 g/mol. The molecular weight excluding hydrogens is 252 g/mol. The fraction of sp³-hybridized carbons (Fsp3) is 0.333. The van der Waals surface area contributed by atoms with Crippen LogP contribution in [0.15, 0.2) is 24.3 Å². The molecule has 0 bridgehead atoms. The first-order valence-corrected chi connectivity index (χ1v) is 6.84. The molecule has 3 rings (SSSR count). The number of nitrogens with zero attached hydrogens (tertiary/aromatic N) is 1. The number of aromatic nitrogens is 1. The van der Waals surface area contributed by atoms with E-state index in [2.05, 4.69) is 15.6 Å². The lowest BCUT2D eigenvalue weighted by Gasteiger charge is -2.24. The van der Waals surface area contributed by atoms with Crippen molar-refractivity contribution in [1.82, 2.24) is 10.3 Å².